The van der Waals surface area contributed by atoms with Crippen LogP contribution in [0.25, 0.3) is 0 Å². The lowest BCUT2D eigenvalue weighted by molar-refractivity contribution is 0.794. The first-order valence-corrected chi connectivity index (χ1v) is 7.88. The topological polar surface area (TPSA) is 29.3 Å². The van der Waals surface area contributed by atoms with E-state index in [-0.39, 0.29) is 18.4 Å². The average molecular weight is 315 g/mol. The summed E-state index contributed by atoms with van der Waals surface area (Å²) >= 11 is 0. The quantitative estimate of drug-likeness (QED) is 0.930. The molecule has 1 aliphatic heterocycles. The van der Waals surface area contributed by atoms with Crippen LogP contribution in [0.1, 0.15) is 29.2 Å². The van der Waals surface area contributed by atoms with Gasteiger partial charge in [-0.3, -0.25) is 0 Å². The number of nitrogens with zero attached hydrogens (tertiary/aromatic N) is 1. The fourth-order valence-corrected chi connectivity index (χ4v) is 3.63. The number of benzene rings is 2. The molecule has 1 aliphatic carbocycles. The summed E-state index contributed by atoms with van der Waals surface area (Å²) in [5.74, 6) is 1.87. The Hall–Kier alpha value is -1.51. The van der Waals surface area contributed by atoms with Crippen molar-refractivity contribution in [3.63, 3.8) is 0 Å². The normalized spacial score (nSPS) is 23.6. The van der Waals surface area contributed by atoms with E-state index in [9.17, 15) is 0 Å². The average Bonchev–Trinajstić information content (AvgIpc) is 3.13. The molecule has 0 aromatic heterocycles. The second-order valence-corrected chi connectivity index (χ2v) is 6.61. The van der Waals surface area contributed by atoms with Crippen LogP contribution in [0, 0.1) is 18.8 Å². The van der Waals surface area contributed by atoms with Gasteiger partial charge in [-0.25, -0.2) is 0 Å². The van der Waals surface area contributed by atoms with E-state index in [1.807, 2.05) is 6.07 Å². The summed E-state index contributed by atoms with van der Waals surface area (Å²) < 4.78 is 0. The van der Waals surface area contributed by atoms with Crippen LogP contribution in [0.15, 0.2) is 48.5 Å². The molecule has 1 saturated heterocycles. The van der Waals surface area contributed by atoms with Crippen LogP contribution in [0.2, 0.25) is 0 Å². The van der Waals surface area contributed by atoms with Crippen molar-refractivity contribution in [2.75, 3.05) is 18.0 Å². The molecule has 2 nitrogen and oxygen atoms in total. The van der Waals surface area contributed by atoms with E-state index in [1.54, 1.807) is 0 Å². The molecule has 2 aromatic carbocycles. The molecule has 3 heteroatoms. The molecule has 3 atom stereocenters. The minimum atomic E-state index is -0.0428. The third-order valence-corrected chi connectivity index (χ3v) is 5.00. The Labute approximate surface area is 138 Å². The largest absolute Gasteiger partial charge is 0.371 e. The molecule has 0 spiro atoms. The number of anilines is 1. The summed E-state index contributed by atoms with van der Waals surface area (Å²) in [6.07, 6.45) is 1.43. The van der Waals surface area contributed by atoms with Crippen LogP contribution in [-0.2, 0) is 0 Å². The van der Waals surface area contributed by atoms with Crippen LogP contribution in [0.5, 0.6) is 0 Å². The zero-order valence-corrected chi connectivity index (χ0v) is 13.7. The van der Waals surface area contributed by atoms with E-state index in [0.717, 1.165) is 11.8 Å². The first-order chi connectivity index (χ1) is 10.2. The molecule has 1 saturated carbocycles. The maximum Gasteiger partial charge on any atom is 0.0572 e. The summed E-state index contributed by atoms with van der Waals surface area (Å²) in [6.45, 7) is 4.59. The van der Waals surface area contributed by atoms with Crippen molar-refractivity contribution in [2.24, 2.45) is 17.6 Å². The van der Waals surface area contributed by atoms with Gasteiger partial charge in [-0.1, -0.05) is 42.5 Å². The molecule has 0 bridgehead atoms. The van der Waals surface area contributed by atoms with Gasteiger partial charge in [0.2, 0.25) is 0 Å². The number of aryl methyl sites for hydroxylation is 1. The number of rotatable bonds is 3. The van der Waals surface area contributed by atoms with Gasteiger partial charge in [0.1, 0.15) is 0 Å². The standard InChI is InChI=1S/C19H22N2.ClH/c1-13-7-8-17(19(20)14-5-3-2-4-6-14)18(9-13)21-11-15-10-16(15)12-21;/h2-9,15-16,19H,10-12,20H2,1H3;1H. The van der Waals surface area contributed by atoms with Crippen LogP contribution in [0.4, 0.5) is 5.69 Å². The molecular weight excluding hydrogens is 292 g/mol. The highest BCUT2D eigenvalue weighted by Crippen LogP contribution is 2.47. The van der Waals surface area contributed by atoms with Crippen molar-refractivity contribution in [3.05, 3.63) is 65.2 Å². The molecule has 2 aromatic rings. The first kappa shape index (κ1) is 15.4. The maximum absolute atomic E-state index is 6.55. The lowest BCUT2D eigenvalue weighted by atomic mass is 9.96. The predicted molar refractivity (Wildman–Crippen MR) is 94.7 cm³/mol. The second-order valence-electron chi connectivity index (χ2n) is 6.61. The van der Waals surface area contributed by atoms with Gasteiger partial charge >= 0.3 is 0 Å². The Morgan fingerprint density at radius 3 is 2.41 bits per heavy atom. The molecule has 116 valence electrons. The number of hydrogen-bond acceptors (Lipinski definition) is 2. The minimum Gasteiger partial charge on any atom is -0.371 e. The van der Waals surface area contributed by atoms with Gasteiger partial charge in [0, 0.05) is 18.8 Å². The highest BCUT2D eigenvalue weighted by molar-refractivity contribution is 5.85. The Morgan fingerprint density at radius 2 is 1.73 bits per heavy atom. The molecule has 4 rings (SSSR count). The Morgan fingerprint density at radius 1 is 1.05 bits per heavy atom. The lowest BCUT2D eigenvalue weighted by Gasteiger charge is -2.26. The van der Waals surface area contributed by atoms with Gasteiger partial charge in [0.15, 0.2) is 0 Å². The first-order valence-electron chi connectivity index (χ1n) is 7.88. The highest BCUT2D eigenvalue weighted by atomic mass is 35.5. The van der Waals surface area contributed by atoms with E-state index in [2.05, 4.69) is 54.3 Å². The number of piperidine rings is 1. The van der Waals surface area contributed by atoms with Crippen LogP contribution >= 0.6 is 12.4 Å². The van der Waals surface area contributed by atoms with E-state index in [0.29, 0.717) is 0 Å². The SMILES string of the molecule is Cc1ccc(C(N)c2ccccc2)c(N2CC3CC3C2)c1.Cl. The van der Waals surface area contributed by atoms with Crippen molar-refractivity contribution in [2.45, 2.75) is 19.4 Å². The van der Waals surface area contributed by atoms with Gasteiger partial charge in [-0.15, -0.1) is 12.4 Å². The van der Waals surface area contributed by atoms with Crippen molar-refractivity contribution in [1.29, 1.82) is 0 Å². The third-order valence-electron chi connectivity index (χ3n) is 5.00. The van der Waals surface area contributed by atoms with Gasteiger partial charge < -0.3 is 10.6 Å². The van der Waals surface area contributed by atoms with Crippen molar-refractivity contribution >= 4 is 18.1 Å². The number of nitrogens with two attached hydrogens (primary N) is 1. The molecule has 2 aliphatic rings. The predicted octanol–water partition coefficient (Wildman–Crippen LogP) is 3.92. The molecular formula is C19H23ClN2. The number of hydrogen-bond donors (Lipinski definition) is 1. The van der Waals surface area contributed by atoms with Crippen LogP contribution < -0.4 is 10.6 Å². The summed E-state index contributed by atoms with van der Waals surface area (Å²) in [4.78, 5) is 2.55. The highest BCUT2D eigenvalue weighted by Gasteiger charge is 2.45. The van der Waals surface area contributed by atoms with Gasteiger partial charge in [0.05, 0.1) is 6.04 Å². The maximum atomic E-state index is 6.55. The van der Waals surface area contributed by atoms with Crippen LogP contribution in [0.3, 0.4) is 0 Å². The summed E-state index contributed by atoms with van der Waals surface area (Å²) in [7, 11) is 0. The van der Waals surface area contributed by atoms with Crippen molar-refractivity contribution in [1.82, 2.24) is 0 Å². The minimum absolute atomic E-state index is 0. The van der Waals surface area contributed by atoms with E-state index >= 15 is 0 Å². The Kier molecular flexibility index (Phi) is 4.16. The zero-order valence-electron chi connectivity index (χ0n) is 12.9. The summed E-state index contributed by atoms with van der Waals surface area (Å²) in [5.41, 5.74) is 11.7. The van der Waals surface area contributed by atoms with E-state index in [4.69, 9.17) is 5.73 Å². The molecule has 22 heavy (non-hydrogen) atoms. The van der Waals surface area contributed by atoms with Gasteiger partial charge in [0.25, 0.3) is 0 Å². The molecule has 2 fully saturated rings. The molecule has 0 radical (unpaired) electrons. The van der Waals surface area contributed by atoms with E-state index < -0.39 is 0 Å². The van der Waals surface area contributed by atoms with E-state index in [1.165, 1.54) is 41.9 Å². The Bertz CT molecular complexity index is 646. The molecule has 0 amide bonds. The van der Waals surface area contributed by atoms with Gasteiger partial charge in [-0.05, 0) is 47.9 Å². The molecule has 1 heterocycles. The smallest absolute Gasteiger partial charge is 0.0572 e. The fraction of sp³-hybridized carbons (Fsp3) is 0.368. The lowest BCUT2D eigenvalue weighted by Crippen LogP contribution is -2.25. The van der Waals surface area contributed by atoms with Crippen molar-refractivity contribution < 1.29 is 0 Å². The molecule has 3 unspecified atom stereocenters. The summed E-state index contributed by atoms with van der Waals surface area (Å²) in [6, 6.07) is 17.1. The monoisotopic (exact) mass is 314 g/mol. The number of halogens is 1. The fourth-order valence-electron chi connectivity index (χ4n) is 3.63. The summed E-state index contributed by atoms with van der Waals surface area (Å²) in [5, 5.41) is 0. The molecule has 2 N–H and O–H groups in total. The second kappa shape index (κ2) is 5.94. The zero-order chi connectivity index (χ0) is 14.4. The Balaban J connectivity index is 0.00000144. The van der Waals surface area contributed by atoms with Crippen molar-refractivity contribution in [3.8, 4) is 0 Å². The van der Waals surface area contributed by atoms with Crippen LogP contribution in [-0.4, -0.2) is 13.1 Å². The third kappa shape index (κ3) is 2.73. The number of fused-ring (bicyclic) bond motifs is 1. The van der Waals surface area contributed by atoms with Gasteiger partial charge in [-0.2, -0.15) is 0 Å².